The summed E-state index contributed by atoms with van der Waals surface area (Å²) in [7, 11) is 0. The average molecular weight is 239 g/mol. The Labute approximate surface area is 104 Å². The van der Waals surface area contributed by atoms with Crippen molar-refractivity contribution >= 4 is 5.91 Å². The molecule has 2 aliphatic heterocycles. The molecule has 1 amide bonds. The van der Waals surface area contributed by atoms with Crippen LogP contribution in [0.2, 0.25) is 0 Å². The zero-order valence-corrected chi connectivity index (χ0v) is 11.3. The van der Waals surface area contributed by atoms with Crippen LogP contribution in [-0.4, -0.2) is 60.0 Å². The van der Waals surface area contributed by atoms with E-state index in [0.29, 0.717) is 12.1 Å². The first kappa shape index (κ1) is 12.8. The predicted octanol–water partition coefficient (Wildman–Crippen LogP) is 0.679. The van der Waals surface area contributed by atoms with E-state index in [2.05, 4.69) is 24.1 Å². The fourth-order valence-corrected chi connectivity index (χ4v) is 3.06. The van der Waals surface area contributed by atoms with Crippen LogP contribution in [0.5, 0.6) is 0 Å². The van der Waals surface area contributed by atoms with Gasteiger partial charge in [-0.05, 0) is 40.2 Å². The minimum atomic E-state index is -0.00217. The molecule has 2 atom stereocenters. The first-order valence-corrected chi connectivity index (χ1v) is 6.87. The summed E-state index contributed by atoms with van der Waals surface area (Å²) in [6.07, 6.45) is 2.52. The zero-order valence-electron chi connectivity index (χ0n) is 11.3. The van der Waals surface area contributed by atoms with Gasteiger partial charge < -0.3 is 10.2 Å². The molecule has 0 radical (unpaired) electrons. The van der Waals surface area contributed by atoms with Crippen LogP contribution in [0.1, 0.15) is 33.6 Å². The summed E-state index contributed by atoms with van der Waals surface area (Å²) in [4.78, 5) is 16.6. The molecule has 2 fully saturated rings. The second kappa shape index (κ2) is 5.36. The summed E-state index contributed by atoms with van der Waals surface area (Å²) in [5, 5.41) is 3.22. The normalized spacial score (nSPS) is 31.5. The number of hydrogen-bond acceptors (Lipinski definition) is 3. The molecule has 0 aromatic rings. The molecule has 0 aliphatic carbocycles. The summed E-state index contributed by atoms with van der Waals surface area (Å²) in [6, 6.07) is 1.17. The number of rotatable bonds is 3. The van der Waals surface area contributed by atoms with Crippen molar-refractivity contribution in [3.05, 3.63) is 0 Å². The van der Waals surface area contributed by atoms with Crippen molar-refractivity contribution in [1.82, 2.24) is 15.1 Å². The van der Waals surface area contributed by atoms with Gasteiger partial charge in [0.1, 0.15) is 0 Å². The molecule has 2 saturated heterocycles. The van der Waals surface area contributed by atoms with Gasteiger partial charge >= 0.3 is 0 Å². The lowest BCUT2D eigenvalue weighted by Crippen LogP contribution is -2.56. The molecule has 4 nitrogen and oxygen atoms in total. The molecule has 2 rings (SSSR count). The number of amides is 1. The standard InChI is InChI=1S/C13H25N3O/c1-10(2)16-7-4-5-12(16)9-15-8-6-14-11(3)13(15)17/h10-12,14H,4-9H2,1-3H3. The third-order valence-electron chi connectivity index (χ3n) is 4.03. The molecule has 0 aromatic carbocycles. The van der Waals surface area contributed by atoms with Crippen molar-refractivity contribution in [3.63, 3.8) is 0 Å². The lowest BCUT2D eigenvalue weighted by atomic mass is 10.1. The van der Waals surface area contributed by atoms with Crippen LogP contribution in [0, 0.1) is 0 Å². The van der Waals surface area contributed by atoms with Gasteiger partial charge in [-0.1, -0.05) is 0 Å². The number of piperazine rings is 1. The highest BCUT2D eigenvalue weighted by Crippen LogP contribution is 2.21. The Morgan fingerprint density at radius 3 is 2.88 bits per heavy atom. The van der Waals surface area contributed by atoms with Gasteiger partial charge in [-0.25, -0.2) is 0 Å². The highest BCUT2D eigenvalue weighted by Gasteiger charge is 2.32. The summed E-state index contributed by atoms with van der Waals surface area (Å²) < 4.78 is 0. The van der Waals surface area contributed by atoms with Crippen LogP contribution in [0.25, 0.3) is 0 Å². The summed E-state index contributed by atoms with van der Waals surface area (Å²) in [6.45, 7) is 10.4. The van der Waals surface area contributed by atoms with Crippen LogP contribution >= 0.6 is 0 Å². The van der Waals surface area contributed by atoms with E-state index >= 15 is 0 Å². The molecule has 4 heteroatoms. The number of nitrogens with one attached hydrogen (secondary N) is 1. The maximum Gasteiger partial charge on any atom is 0.239 e. The van der Waals surface area contributed by atoms with Crippen molar-refractivity contribution < 1.29 is 4.79 Å². The Kier molecular flexibility index (Phi) is 4.05. The number of carbonyl (C=O) groups is 1. The molecule has 1 N–H and O–H groups in total. The molecule has 2 aliphatic rings. The summed E-state index contributed by atoms with van der Waals surface area (Å²) in [5.74, 6) is 0.270. The van der Waals surface area contributed by atoms with Crippen molar-refractivity contribution in [2.45, 2.75) is 51.7 Å². The van der Waals surface area contributed by atoms with Crippen LogP contribution < -0.4 is 5.32 Å². The molecule has 0 saturated carbocycles. The van der Waals surface area contributed by atoms with E-state index in [1.807, 2.05) is 11.8 Å². The minimum absolute atomic E-state index is 0.00217. The monoisotopic (exact) mass is 239 g/mol. The van der Waals surface area contributed by atoms with Crippen LogP contribution in [-0.2, 0) is 4.79 Å². The first-order chi connectivity index (χ1) is 8.09. The molecule has 2 heterocycles. The molecule has 0 spiro atoms. The SMILES string of the molecule is CC1NCCN(CC2CCCN2C(C)C)C1=O. The van der Waals surface area contributed by atoms with E-state index in [1.165, 1.54) is 19.4 Å². The Morgan fingerprint density at radius 1 is 1.41 bits per heavy atom. The number of carbonyl (C=O) groups excluding carboxylic acids is 1. The van der Waals surface area contributed by atoms with E-state index < -0.39 is 0 Å². The number of hydrogen-bond donors (Lipinski definition) is 1. The smallest absolute Gasteiger partial charge is 0.239 e. The summed E-state index contributed by atoms with van der Waals surface area (Å²) in [5.41, 5.74) is 0. The molecular formula is C13H25N3O. The van der Waals surface area contributed by atoms with E-state index in [4.69, 9.17) is 0 Å². The summed E-state index contributed by atoms with van der Waals surface area (Å²) >= 11 is 0. The van der Waals surface area contributed by atoms with E-state index in [-0.39, 0.29) is 11.9 Å². The third-order valence-corrected chi connectivity index (χ3v) is 4.03. The van der Waals surface area contributed by atoms with E-state index in [0.717, 1.165) is 19.6 Å². The Balaban J connectivity index is 1.93. The van der Waals surface area contributed by atoms with Crippen molar-refractivity contribution in [1.29, 1.82) is 0 Å². The molecule has 2 unspecified atom stereocenters. The minimum Gasteiger partial charge on any atom is -0.339 e. The second-order valence-electron chi connectivity index (χ2n) is 5.59. The zero-order chi connectivity index (χ0) is 12.4. The Morgan fingerprint density at radius 2 is 2.18 bits per heavy atom. The average Bonchev–Trinajstić information content (AvgIpc) is 2.73. The fraction of sp³-hybridized carbons (Fsp3) is 0.923. The lowest BCUT2D eigenvalue weighted by molar-refractivity contribution is -0.136. The number of likely N-dealkylation sites (tertiary alicyclic amines) is 1. The quantitative estimate of drug-likeness (QED) is 0.786. The highest BCUT2D eigenvalue weighted by molar-refractivity contribution is 5.82. The topological polar surface area (TPSA) is 35.6 Å². The van der Waals surface area contributed by atoms with Crippen LogP contribution in [0.15, 0.2) is 0 Å². The van der Waals surface area contributed by atoms with Gasteiger partial charge in [0, 0.05) is 31.7 Å². The lowest BCUT2D eigenvalue weighted by Gasteiger charge is -2.36. The second-order valence-corrected chi connectivity index (χ2v) is 5.59. The molecule has 0 bridgehead atoms. The first-order valence-electron chi connectivity index (χ1n) is 6.87. The molecule has 0 aromatic heterocycles. The van der Waals surface area contributed by atoms with Gasteiger partial charge in [0.25, 0.3) is 0 Å². The van der Waals surface area contributed by atoms with E-state index in [1.54, 1.807) is 0 Å². The Bertz CT molecular complexity index is 280. The van der Waals surface area contributed by atoms with Crippen molar-refractivity contribution in [3.8, 4) is 0 Å². The fourth-order valence-electron chi connectivity index (χ4n) is 3.06. The number of nitrogens with zero attached hydrogens (tertiary/aromatic N) is 2. The van der Waals surface area contributed by atoms with Gasteiger partial charge in [0.15, 0.2) is 0 Å². The maximum atomic E-state index is 12.0. The van der Waals surface area contributed by atoms with Crippen molar-refractivity contribution in [2.75, 3.05) is 26.2 Å². The molecule has 17 heavy (non-hydrogen) atoms. The Hall–Kier alpha value is -0.610. The third kappa shape index (κ3) is 2.80. The van der Waals surface area contributed by atoms with Crippen LogP contribution in [0.3, 0.4) is 0 Å². The van der Waals surface area contributed by atoms with Gasteiger partial charge in [-0.15, -0.1) is 0 Å². The molecule has 98 valence electrons. The predicted molar refractivity (Wildman–Crippen MR) is 68.9 cm³/mol. The van der Waals surface area contributed by atoms with Crippen LogP contribution in [0.4, 0.5) is 0 Å². The largest absolute Gasteiger partial charge is 0.339 e. The van der Waals surface area contributed by atoms with Crippen molar-refractivity contribution in [2.24, 2.45) is 0 Å². The highest BCUT2D eigenvalue weighted by atomic mass is 16.2. The van der Waals surface area contributed by atoms with Gasteiger partial charge in [-0.2, -0.15) is 0 Å². The van der Waals surface area contributed by atoms with Gasteiger partial charge in [0.2, 0.25) is 5.91 Å². The van der Waals surface area contributed by atoms with Gasteiger partial charge in [0.05, 0.1) is 6.04 Å². The van der Waals surface area contributed by atoms with E-state index in [9.17, 15) is 4.79 Å². The maximum absolute atomic E-state index is 12.0. The van der Waals surface area contributed by atoms with Gasteiger partial charge in [-0.3, -0.25) is 9.69 Å². The molecular weight excluding hydrogens is 214 g/mol.